The summed E-state index contributed by atoms with van der Waals surface area (Å²) in [5.74, 6) is -0.774. The first kappa shape index (κ1) is 15.0. The molecule has 0 amide bonds. The Bertz CT molecular complexity index is 617. The lowest BCUT2D eigenvalue weighted by atomic mass is 10.1. The lowest BCUT2D eigenvalue weighted by Crippen LogP contribution is -2.33. The molecule has 2 aliphatic rings. The lowest BCUT2D eigenvalue weighted by molar-refractivity contribution is -0.133. The molecular weight excluding hydrogens is 320 g/mol. The van der Waals surface area contributed by atoms with Crippen LogP contribution in [0.3, 0.4) is 0 Å². The Labute approximate surface area is 126 Å². The number of para-hydroxylation sites is 1. The van der Waals surface area contributed by atoms with Crippen molar-refractivity contribution in [3.63, 3.8) is 0 Å². The molecule has 0 spiro atoms. The summed E-state index contributed by atoms with van der Waals surface area (Å²) in [6, 6.07) is 15.7. The van der Waals surface area contributed by atoms with E-state index in [0.29, 0.717) is 5.75 Å². The van der Waals surface area contributed by atoms with Gasteiger partial charge in [0.2, 0.25) is 5.79 Å². The summed E-state index contributed by atoms with van der Waals surface area (Å²) < 4.78 is 6.10. The smallest absolute Gasteiger partial charge is 0.207 e. The highest BCUT2D eigenvalue weighted by Crippen LogP contribution is 2.27. The molecular formula is C16H17BrO3. The van der Waals surface area contributed by atoms with Gasteiger partial charge in [-0.2, -0.15) is 0 Å². The summed E-state index contributed by atoms with van der Waals surface area (Å²) in [6.45, 7) is 1.40. The van der Waals surface area contributed by atoms with Gasteiger partial charge in [-0.3, -0.25) is 0 Å². The second kappa shape index (κ2) is 6.39. The van der Waals surface area contributed by atoms with Crippen molar-refractivity contribution >= 4 is 15.9 Å². The van der Waals surface area contributed by atoms with E-state index in [-0.39, 0.29) is 13.0 Å². The van der Waals surface area contributed by atoms with Gasteiger partial charge in [0.15, 0.2) is 0 Å². The minimum Gasteiger partial charge on any atom is -0.462 e. The van der Waals surface area contributed by atoms with E-state index in [1.54, 1.807) is 6.07 Å². The Hall–Kier alpha value is -1.36. The molecule has 1 aromatic rings. The van der Waals surface area contributed by atoms with E-state index in [9.17, 15) is 5.11 Å². The van der Waals surface area contributed by atoms with Crippen molar-refractivity contribution in [2.75, 3.05) is 6.61 Å². The third kappa shape index (κ3) is 3.82. The number of halogens is 1. The molecule has 1 aromatic carbocycles. The maximum absolute atomic E-state index is 9.69. The van der Waals surface area contributed by atoms with Crippen LogP contribution < -0.4 is 4.74 Å². The van der Waals surface area contributed by atoms with Crippen LogP contribution in [0.25, 0.3) is 0 Å². The van der Waals surface area contributed by atoms with Gasteiger partial charge in [-0.15, -0.1) is 0 Å². The predicted octanol–water partition coefficient (Wildman–Crippen LogP) is 3.21. The van der Waals surface area contributed by atoms with Crippen LogP contribution >= 0.6 is 15.9 Å². The number of ether oxygens (including phenoxy) is 1. The summed E-state index contributed by atoms with van der Waals surface area (Å²) in [5, 5.41) is 21.2. The summed E-state index contributed by atoms with van der Waals surface area (Å²) >= 11 is 3.30. The fourth-order valence-electron chi connectivity index (χ4n) is 1.69. The van der Waals surface area contributed by atoms with Crippen LogP contribution in [0.5, 0.6) is 5.75 Å². The SMILES string of the molecule is CC(O)(CCO)Oc1ccccc1Br.c1cc2ccc1=2. The van der Waals surface area contributed by atoms with Gasteiger partial charge in [-0.1, -0.05) is 36.4 Å². The predicted molar refractivity (Wildman–Crippen MR) is 81.2 cm³/mol. The van der Waals surface area contributed by atoms with Crippen LogP contribution in [0, 0.1) is 10.4 Å². The highest BCUT2D eigenvalue weighted by Gasteiger charge is 2.22. The number of hydrogen-bond acceptors (Lipinski definition) is 3. The number of benzene rings is 2. The quantitative estimate of drug-likeness (QED) is 0.719. The lowest BCUT2D eigenvalue weighted by Gasteiger charge is -2.24. The number of rotatable bonds is 4. The average molecular weight is 337 g/mol. The van der Waals surface area contributed by atoms with E-state index in [2.05, 4.69) is 40.2 Å². The molecule has 0 heterocycles. The van der Waals surface area contributed by atoms with Crippen molar-refractivity contribution in [3.8, 4) is 5.75 Å². The van der Waals surface area contributed by atoms with E-state index in [4.69, 9.17) is 9.84 Å². The summed E-state index contributed by atoms with van der Waals surface area (Å²) in [4.78, 5) is 0. The van der Waals surface area contributed by atoms with Gasteiger partial charge < -0.3 is 14.9 Å². The van der Waals surface area contributed by atoms with Crippen LogP contribution in [0.4, 0.5) is 0 Å². The van der Waals surface area contributed by atoms with Crippen LogP contribution in [0.2, 0.25) is 0 Å². The molecule has 0 saturated carbocycles. The first-order chi connectivity index (χ1) is 9.52. The fraction of sp³-hybridized carbons (Fsp3) is 0.250. The highest BCUT2D eigenvalue weighted by molar-refractivity contribution is 9.10. The van der Waals surface area contributed by atoms with Gasteiger partial charge in [0.05, 0.1) is 4.47 Å². The number of hydrogen-bond donors (Lipinski definition) is 2. The van der Waals surface area contributed by atoms with Crippen molar-refractivity contribution < 1.29 is 14.9 Å². The zero-order valence-corrected chi connectivity index (χ0v) is 12.8. The third-order valence-electron chi connectivity index (χ3n) is 2.96. The molecule has 106 valence electrons. The van der Waals surface area contributed by atoms with Crippen LogP contribution in [-0.4, -0.2) is 22.6 Å². The van der Waals surface area contributed by atoms with Crippen molar-refractivity contribution in [2.24, 2.45) is 0 Å². The number of aliphatic hydroxyl groups is 2. The number of aliphatic hydroxyl groups excluding tert-OH is 1. The molecule has 0 aliphatic heterocycles. The van der Waals surface area contributed by atoms with Crippen LogP contribution in [0.15, 0.2) is 53.0 Å². The molecule has 3 nitrogen and oxygen atoms in total. The molecule has 4 heteroatoms. The maximum Gasteiger partial charge on any atom is 0.207 e. The zero-order chi connectivity index (χ0) is 14.6. The van der Waals surface area contributed by atoms with Gasteiger partial charge >= 0.3 is 0 Å². The monoisotopic (exact) mass is 336 g/mol. The van der Waals surface area contributed by atoms with Gasteiger partial charge in [0, 0.05) is 20.0 Å². The highest BCUT2D eigenvalue weighted by atomic mass is 79.9. The molecule has 2 aliphatic carbocycles. The maximum atomic E-state index is 9.69. The second-order valence-electron chi connectivity index (χ2n) is 4.76. The van der Waals surface area contributed by atoms with E-state index in [1.165, 1.54) is 17.4 Å². The van der Waals surface area contributed by atoms with Crippen molar-refractivity contribution in [3.05, 3.63) is 63.4 Å². The molecule has 3 rings (SSSR count). The molecule has 1 unspecified atom stereocenters. The summed E-state index contributed by atoms with van der Waals surface area (Å²) in [5.41, 5.74) is 0. The standard InChI is InChI=1S/C10H13BrO3.C6H4/c1-10(13,6-7-12)14-9-5-3-2-4-8(9)11;1-2-6-4-3-5(1)6/h2-5,12-13H,6-7H2,1H3;1-4H. The molecule has 1 atom stereocenters. The summed E-state index contributed by atoms with van der Waals surface area (Å²) in [7, 11) is 0. The largest absolute Gasteiger partial charge is 0.462 e. The molecule has 0 saturated heterocycles. The normalized spacial score (nSPS) is 13.8. The Kier molecular flexibility index (Phi) is 4.81. The summed E-state index contributed by atoms with van der Waals surface area (Å²) in [6.07, 6.45) is 0.175. The molecule has 0 aromatic heterocycles. The topological polar surface area (TPSA) is 49.7 Å². The van der Waals surface area contributed by atoms with Crippen molar-refractivity contribution in [2.45, 2.75) is 19.1 Å². The van der Waals surface area contributed by atoms with E-state index in [0.717, 1.165) is 4.47 Å². The Morgan fingerprint density at radius 1 is 1.05 bits per heavy atom. The van der Waals surface area contributed by atoms with Crippen molar-refractivity contribution in [1.29, 1.82) is 0 Å². The van der Waals surface area contributed by atoms with Gasteiger partial charge in [0.25, 0.3) is 0 Å². The van der Waals surface area contributed by atoms with Gasteiger partial charge in [-0.25, -0.2) is 0 Å². The molecule has 0 fully saturated rings. The van der Waals surface area contributed by atoms with Crippen LogP contribution in [-0.2, 0) is 0 Å². The second-order valence-corrected chi connectivity index (χ2v) is 5.61. The van der Waals surface area contributed by atoms with E-state index >= 15 is 0 Å². The molecule has 20 heavy (non-hydrogen) atoms. The first-order valence-corrected chi connectivity index (χ1v) is 7.18. The van der Waals surface area contributed by atoms with Crippen LogP contribution in [0.1, 0.15) is 13.3 Å². The molecule has 0 radical (unpaired) electrons. The van der Waals surface area contributed by atoms with E-state index in [1.807, 2.05) is 18.2 Å². The fourth-order valence-corrected chi connectivity index (χ4v) is 2.05. The minimum atomic E-state index is -1.33. The van der Waals surface area contributed by atoms with Gasteiger partial charge in [0.1, 0.15) is 5.75 Å². The Morgan fingerprint density at radius 2 is 1.60 bits per heavy atom. The van der Waals surface area contributed by atoms with Gasteiger partial charge in [-0.05, 0) is 38.5 Å². The molecule has 2 N–H and O–H groups in total. The first-order valence-electron chi connectivity index (χ1n) is 6.39. The minimum absolute atomic E-state index is 0.114. The van der Waals surface area contributed by atoms with E-state index < -0.39 is 5.79 Å². The third-order valence-corrected chi connectivity index (χ3v) is 3.62. The Morgan fingerprint density at radius 3 is 2.00 bits per heavy atom. The average Bonchev–Trinajstić information content (AvgIpc) is 2.37. The zero-order valence-electron chi connectivity index (χ0n) is 11.2. The molecule has 0 bridgehead atoms. The Balaban J connectivity index is 0.000000198. The van der Waals surface area contributed by atoms with Crippen molar-refractivity contribution in [1.82, 2.24) is 0 Å².